The second-order valence-corrected chi connectivity index (χ2v) is 7.38. The van der Waals surface area contributed by atoms with Gasteiger partial charge >= 0.3 is 0 Å². The Labute approximate surface area is 156 Å². The molecule has 1 aromatic rings. The zero-order valence-electron chi connectivity index (χ0n) is 14.6. The van der Waals surface area contributed by atoms with Crippen molar-refractivity contribution < 1.29 is 14.3 Å². The van der Waals surface area contributed by atoms with Crippen molar-refractivity contribution in [3.63, 3.8) is 0 Å². The molecule has 134 valence electrons. The van der Waals surface area contributed by atoms with E-state index in [-0.39, 0.29) is 11.4 Å². The molecule has 0 bridgehead atoms. The summed E-state index contributed by atoms with van der Waals surface area (Å²) in [6, 6.07) is 3.29. The molecule has 24 heavy (non-hydrogen) atoms. The molecule has 0 unspecified atom stereocenters. The first-order valence-electron chi connectivity index (χ1n) is 7.56. The summed E-state index contributed by atoms with van der Waals surface area (Å²) in [6.45, 7) is 8.50. The van der Waals surface area contributed by atoms with Crippen LogP contribution < -0.4 is 25.6 Å². The number of hydrogen-bond donors (Lipinski definition) is 3. The number of hydrogen-bond acceptors (Lipinski definition) is 4. The molecule has 0 aromatic heterocycles. The summed E-state index contributed by atoms with van der Waals surface area (Å²) >= 11 is 8.54. The van der Waals surface area contributed by atoms with Crippen molar-refractivity contribution in [2.24, 2.45) is 0 Å². The molecule has 0 aliphatic heterocycles. The molecule has 0 saturated carbocycles. The molecule has 0 fully saturated rings. The van der Waals surface area contributed by atoms with Gasteiger partial charge in [-0.25, -0.2) is 0 Å². The van der Waals surface area contributed by atoms with Crippen LogP contribution in [0.4, 0.5) is 0 Å². The van der Waals surface area contributed by atoms with Gasteiger partial charge in [0.2, 0.25) is 0 Å². The van der Waals surface area contributed by atoms with Gasteiger partial charge in [-0.15, -0.1) is 0 Å². The lowest BCUT2D eigenvalue weighted by atomic mass is 10.1. The quantitative estimate of drug-likeness (QED) is 0.504. The van der Waals surface area contributed by atoms with Crippen LogP contribution in [0.15, 0.2) is 16.6 Å². The number of amides is 1. The molecule has 0 spiro atoms. The van der Waals surface area contributed by atoms with Crippen LogP contribution >= 0.6 is 28.1 Å². The first kappa shape index (κ1) is 20.5. The number of thiocarbonyl (C=S) groups is 1. The van der Waals surface area contributed by atoms with Gasteiger partial charge in [0.05, 0.1) is 18.2 Å². The van der Waals surface area contributed by atoms with E-state index in [2.05, 4.69) is 32.1 Å². The standard InChI is InChI=1S/C16H24BrN3O3S/c1-6-7-23-13-11(17)8-10(9-12(13)22-5)14(21)19-20-15(24)18-16(2,3)4/h8-9H,6-7H2,1-5H3,(H,19,21)(H2,18,20,24). The minimum atomic E-state index is -0.339. The van der Waals surface area contributed by atoms with Gasteiger partial charge in [0.15, 0.2) is 16.6 Å². The molecular weight excluding hydrogens is 394 g/mol. The van der Waals surface area contributed by atoms with Crippen LogP contribution in [-0.2, 0) is 0 Å². The average Bonchev–Trinajstić information content (AvgIpc) is 2.49. The fourth-order valence-electron chi connectivity index (χ4n) is 1.75. The monoisotopic (exact) mass is 417 g/mol. The summed E-state index contributed by atoms with van der Waals surface area (Å²) in [5, 5.41) is 3.38. The summed E-state index contributed by atoms with van der Waals surface area (Å²) in [5.74, 6) is 0.723. The Morgan fingerprint density at radius 2 is 1.96 bits per heavy atom. The number of carbonyl (C=O) groups is 1. The van der Waals surface area contributed by atoms with Gasteiger partial charge in [-0.1, -0.05) is 6.92 Å². The van der Waals surface area contributed by atoms with Crippen LogP contribution in [-0.4, -0.2) is 30.3 Å². The lowest BCUT2D eigenvalue weighted by Gasteiger charge is -2.23. The van der Waals surface area contributed by atoms with E-state index in [1.807, 2.05) is 27.7 Å². The van der Waals surface area contributed by atoms with Crippen LogP contribution in [0, 0.1) is 0 Å². The Bertz CT molecular complexity index is 603. The van der Waals surface area contributed by atoms with E-state index in [1.54, 1.807) is 12.1 Å². The van der Waals surface area contributed by atoms with Crippen LogP contribution in [0.2, 0.25) is 0 Å². The first-order valence-corrected chi connectivity index (χ1v) is 8.77. The van der Waals surface area contributed by atoms with E-state index in [4.69, 9.17) is 21.7 Å². The molecule has 0 aliphatic carbocycles. The second kappa shape index (κ2) is 9.08. The molecule has 1 aromatic carbocycles. The van der Waals surface area contributed by atoms with E-state index < -0.39 is 0 Å². The Hall–Kier alpha value is -1.54. The molecule has 1 rings (SSSR count). The number of methoxy groups -OCH3 is 1. The first-order chi connectivity index (χ1) is 11.2. The van der Waals surface area contributed by atoms with Gasteiger partial charge in [0.1, 0.15) is 0 Å². The lowest BCUT2D eigenvalue weighted by molar-refractivity contribution is 0.0943. The number of halogens is 1. The summed E-state index contributed by atoms with van der Waals surface area (Å²) in [7, 11) is 1.53. The molecule has 0 aliphatic rings. The lowest BCUT2D eigenvalue weighted by Crippen LogP contribution is -2.52. The van der Waals surface area contributed by atoms with Crippen molar-refractivity contribution in [1.82, 2.24) is 16.2 Å². The third-order valence-electron chi connectivity index (χ3n) is 2.72. The molecule has 0 saturated heterocycles. The zero-order chi connectivity index (χ0) is 18.3. The molecule has 6 nitrogen and oxygen atoms in total. The number of nitrogens with one attached hydrogen (secondary N) is 3. The highest BCUT2D eigenvalue weighted by atomic mass is 79.9. The Morgan fingerprint density at radius 3 is 2.50 bits per heavy atom. The summed E-state index contributed by atoms with van der Waals surface area (Å²) in [5.41, 5.74) is 5.44. The third kappa shape index (κ3) is 6.52. The molecule has 1 amide bonds. The fourth-order valence-corrected chi connectivity index (χ4v) is 2.67. The van der Waals surface area contributed by atoms with E-state index in [1.165, 1.54) is 7.11 Å². The Morgan fingerprint density at radius 1 is 1.29 bits per heavy atom. The molecule has 8 heteroatoms. The molecule has 0 heterocycles. The molecule has 0 atom stereocenters. The van der Waals surface area contributed by atoms with Crippen molar-refractivity contribution in [1.29, 1.82) is 0 Å². The smallest absolute Gasteiger partial charge is 0.269 e. The van der Waals surface area contributed by atoms with Crippen molar-refractivity contribution in [2.75, 3.05) is 13.7 Å². The van der Waals surface area contributed by atoms with E-state index in [0.29, 0.717) is 33.3 Å². The fraction of sp³-hybridized carbons (Fsp3) is 0.500. The maximum Gasteiger partial charge on any atom is 0.269 e. The Kier molecular flexibility index (Phi) is 7.75. The van der Waals surface area contributed by atoms with Crippen molar-refractivity contribution in [3.8, 4) is 11.5 Å². The summed E-state index contributed by atoms with van der Waals surface area (Å²) in [4.78, 5) is 12.3. The predicted octanol–water partition coefficient (Wildman–Crippen LogP) is 3.15. The second-order valence-electron chi connectivity index (χ2n) is 6.12. The highest BCUT2D eigenvalue weighted by Crippen LogP contribution is 2.36. The van der Waals surface area contributed by atoms with Gasteiger partial charge < -0.3 is 14.8 Å². The van der Waals surface area contributed by atoms with Gasteiger partial charge in [-0.05, 0) is 67.5 Å². The van der Waals surface area contributed by atoms with Crippen molar-refractivity contribution >= 4 is 39.2 Å². The Balaban J connectivity index is 2.81. The predicted molar refractivity (Wildman–Crippen MR) is 103 cm³/mol. The summed E-state index contributed by atoms with van der Waals surface area (Å²) < 4.78 is 11.6. The third-order valence-corrected chi connectivity index (χ3v) is 3.51. The van der Waals surface area contributed by atoms with Gasteiger partial charge in [-0.3, -0.25) is 15.6 Å². The van der Waals surface area contributed by atoms with E-state index in [0.717, 1.165) is 6.42 Å². The summed E-state index contributed by atoms with van der Waals surface area (Å²) in [6.07, 6.45) is 0.875. The number of carbonyl (C=O) groups excluding carboxylic acids is 1. The normalized spacial score (nSPS) is 10.8. The minimum absolute atomic E-state index is 0.195. The molecular formula is C16H24BrN3O3S. The largest absolute Gasteiger partial charge is 0.493 e. The maximum absolute atomic E-state index is 12.3. The topological polar surface area (TPSA) is 71.6 Å². The van der Waals surface area contributed by atoms with Crippen LogP contribution in [0.25, 0.3) is 0 Å². The van der Waals surface area contributed by atoms with E-state index in [9.17, 15) is 4.79 Å². The van der Waals surface area contributed by atoms with Gasteiger partial charge in [0, 0.05) is 11.1 Å². The van der Waals surface area contributed by atoms with Gasteiger partial charge in [0.25, 0.3) is 5.91 Å². The van der Waals surface area contributed by atoms with E-state index >= 15 is 0 Å². The van der Waals surface area contributed by atoms with Crippen LogP contribution in [0.5, 0.6) is 11.5 Å². The van der Waals surface area contributed by atoms with Crippen LogP contribution in [0.3, 0.4) is 0 Å². The van der Waals surface area contributed by atoms with Gasteiger partial charge in [-0.2, -0.15) is 0 Å². The number of ether oxygens (including phenoxy) is 2. The SMILES string of the molecule is CCCOc1c(Br)cc(C(=O)NNC(=S)NC(C)(C)C)cc1OC. The van der Waals surface area contributed by atoms with Crippen molar-refractivity contribution in [2.45, 2.75) is 39.7 Å². The highest BCUT2D eigenvalue weighted by molar-refractivity contribution is 9.10. The minimum Gasteiger partial charge on any atom is -0.493 e. The van der Waals surface area contributed by atoms with Crippen molar-refractivity contribution in [3.05, 3.63) is 22.2 Å². The van der Waals surface area contributed by atoms with Crippen LogP contribution in [0.1, 0.15) is 44.5 Å². The number of benzene rings is 1. The zero-order valence-corrected chi connectivity index (χ0v) is 17.0. The number of hydrazine groups is 1. The number of rotatable bonds is 5. The average molecular weight is 418 g/mol. The highest BCUT2D eigenvalue weighted by Gasteiger charge is 2.16. The molecule has 0 radical (unpaired) electrons. The maximum atomic E-state index is 12.3. The molecule has 3 N–H and O–H groups in total.